The first kappa shape index (κ1) is 43.7. The van der Waals surface area contributed by atoms with Crippen molar-refractivity contribution in [2.24, 2.45) is 0 Å². The van der Waals surface area contributed by atoms with Crippen LogP contribution in [0.5, 0.6) is 0 Å². The highest BCUT2D eigenvalue weighted by Crippen LogP contribution is 2.10. The first-order valence-corrected chi connectivity index (χ1v) is 18.2. The van der Waals surface area contributed by atoms with Gasteiger partial charge in [0.15, 0.2) is 0 Å². The van der Waals surface area contributed by atoms with Crippen LogP contribution in [0.25, 0.3) is 0 Å². The molecule has 49 heavy (non-hydrogen) atoms. The first-order valence-electron chi connectivity index (χ1n) is 18.2. The van der Waals surface area contributed by atoms with Crippen LogP contribution in [0.1, 0.15) is 104 Å². The molecular weight excluding hydrogens is 630 g/mol. The van der Waals surface area contributed by atoms with E-state index >= 15 is 0 Å². The van der Waals surface area contributed by atoms with Crippen molar-refractivity contribution in [2.75, 3.05) is 40.8 Å². The monoisotopic (exact) mass is 696 g/mol. The summed E-state index contributed by atoms with van der Waals surface area (Å²) >= 11 is 0. The molecular formula is C34H65N9O6. The number of nitrogens with one attached hydrogen (secondary N) is 9. The summed E-state index contributed by atoms with van der Waals surface area (Å²) in [5.41, 5.74) is 0. The van der Waals surface area contributed by atoms with E-state index in [2.05, 4.69) is 47.9 Å². The van der Waals surface area contributed by atoms with Gasteiger partial charge in [-0.3, -0.25) is 28.8 Å². The second kappa shape index (κ2) is 25.6. The Morgan fingerprint density at radius 2 is 0.673 bits per heavy atom. The molecule has 15 nitrogen and oxygen atoms in total. The first-order chi connectivity index (χ1) is 23.5. The second-order valence-electron chi connectivity index (χ2n) is 13.0. The average molecular weight is 696 g/mol. The molecule has 1 heterocycles. The van der Waals surface area contributed by atoms with Crippen LogP contribution in [-0.4, -0.2) is 112 Å². The zero-order valence-electron chi connectivity index (χ0n) is 30.7. The molecule has 0 bridgehead atoms. The van der Waals surface area contributed by atoms with Crippen LogP contribution in [0.15, 0.2) is 0 Å². The van der Waals surface area contributed by atoms with Crippen molar-refractivity contribution in [2.45, 2.75) is 140 Å². The summed E-state index contributed by atoms with van der Waals surface area (Å²) in [6, 6.07) is -5.84. The van der Waals surface area contributed by atoms with Gasteiger partial charge in [0.05, 0.1) is 0 Å². The Bertz CT molecular complexity index is 1020. The van der Waals surface area contributed by atoms with E-state index in [9.17, 15) is 28.8 Å². The summed E-state index contributed by atoms with van der Waals surface area (Å²) in [5.74, 6) is -3.20. The molecule has 15 heteroatoms. The van der Waals surface area contributed by atoms with Gasteiger partial charge in [-0.2, -0.15) is 0 Å². The molecule has 0 aromatic carbocycles. The maximum atomic E-state index is 13.7. The second-order valence-corrected chi connectivity index (χ2v) is 13.0. The van der Waals surface area contributed by atoms with E-state index in [1.165, 1.54) is 13.8 Å². The fourth-order valence-corrected chi connectivity index (χ4v) is 5.52. The summed E-state index contributed by atoms with van der Waals surface area (Å²) in [4.78, 5) is 81.1. The van der Waals surface area contributed by atoms with Gasteiger partial charge < -0.3 is 47.9 Å². The standard InChI is InChI=1S/C34H65N9O6/c1-7-8-9-16-28-34(49)42-26(18-11-14-21-36-5)32(47)39-23(2)29(44)40-25(17-10-13-20-35-4)31(46)38-24(3)30(45)41-27(33(48)43-28)19-12-15-22-37-6/h23-28,35-37H,7-22H2,1-6H3,(H,38,46)(H,39,47)(H,40,44)(H,41,45)(H,42,49)(H,43,48)/t23-,24-,25+,26+,27+,28-/m1/s1. The molecule has 6 atom stereocenters. The van der Waals surface area contributed by atoms with Gasteiger partial charge in [-0.25, -0.2) is 0 Å². The predicted molar refractivity (Wildman–Crippen MR) is 190 cm³/mol. The van der Waals surface area contributed by atoms with Crippen LogP contribution in [0, 0.1) is 0 Å². The number of hydrogen-bond acceptors (Lipinski definition) is 9. The maximum Gasteiger partial charge on any atom is 0.243 e. The van der Waals surface area contributed by atoms with Crippen LogP contribution in [-0.2, 0) is 28.8 Å². The third-order valence-electron chi connectivity index (χ3n) is 8.64. The Balaban J connectivity index is 3.47. The number of carbonyl (C=O) groups is 6. The SMILES string of the molecule is CCCCC[C@H]1NC(=O)[C@H](CCCCNC)NC(=O)[C@@H](C)NC(=O)[C@H](CCCCNC)NC(=O)[C@@H](C)NC(=O)[C@H](CCCCNC)NC1=O. The number of carbonyl (C=O) groups excluding carboxylic acids is 6. The predicted octanol–water partition coefficient (Wildman–Crippen LogP) is -0.302. The quantitative estimate of drug-likeness (QED) is 0.0811. The highest BCUT2D eigenvalue weighted by atomic mass is 16.2. The molecule has 1 aliphatic heterocycles. The van der Waals surface area contributed by atoms with Gasteiger partial charge in [0, 0.05) is 0 Å². The highest BCUT2D eigenvalue weighted by molar-refractivity contribution is 5.98. The van der Waals surface area contributed by atoms with Gasteiger partial charge >= 0.3 is 0 Å². The van der Waals surface area contributed by atoms with E-state index in [1.54, 1.807) is 0 Å². The molecule has 1 saturated heterocycles. The van der Waals surface area contributed by atoms with Crippen molar-refractivity contribution in [3.63, 3.8) is 0 Å². The molecule has 9 N–H and O–H groups in total. The lowest BCUT2D eigenvalue weighted by molar-refractivity contribution is -0.136. The Hall–Kier alpha value is -3.30. The smallest absolute Gasteiger partial charge is 0.243 e. The van der Waals surface area contributed by atoms with Gasteiger partial charge in [-0.1, -0.05) is 26.2 Å². The van der Waals surface area contributed by atoms with Crippen LogP contribution < -0.4 is 47.9 Å². The minimum Gasteiger partial charge on any atom is -0.343 e. The van der Waals surface area contributed by atoms with Crippen molar-refractivity contribution >= 4 is 35.4 Å². The molecule has 1 fully saturated rings. The summed E-state index contributed by atoms with van der Waals surface area (Å²) in [6.45, 7) is 7.26. The van der Waals surface area contributed by atoms with Gasteiger partial charge in [0.2, 0.25) is 35.4 Å². The van der Waals surface area contributed by atoms with Gasteiger partial charge in [0.1, 0.15) is 36.3 Å². The van der Waals surface area contributed by atoms with Gasteiger partial charge in [-0.15, -0.1) is 0 Å². The number of rotatable bonds is 19. The molecule has 6 amide bonds. The van der Waals surface area contributed by atoms with E-state index < -0.39 is 71.7 Å². The molecule has 0 aromatic rings. The van der Waals surface area contributed by atoms with Crippen molar-refractivity contribution in [1.82, 2.24) is 47.9 Å². The maximum absolute atomic E-state index is 13.7. The molecule has 1 rings (SSSR count). The zero-order valence-corrected chi connectivity index (χ0v) is 30.7. The molecule has 0 spiro atoms. The van der Waals surface area contributed by atoms with Gasteiger partial charge in [-0.05, 0) is 119 Å². The summed E-state index contributed by atoms with van der Waals surface area (Å²) < 4.78 is 0. The van der Waals surface area contributed by atoms with Crippen molar-refractivity contribution in [1.29, 1.82) is 0 Å². The Morgan fingerprint density at radius 3 is 0.959 bits per heavy atom. The fourth-order valence-electron chi connectivity index (χ4n) is 5.52. The van der Waals surface area contributed by atoms with E-state index in [0.717, 1.165) is 51.7 Å². The molecule has 0 aliphatic carbocycles. The molecule has 0 aromatic heterocycles. The van der Waals surface area contributed by atoms with E-state index in [-0.39, 0.29) is 0 Å². The largest absolute Gasteiger partial charge is 0.343 e. The van der Waals surface area contributed by atoms with E-state index in [1.807, 2.05) is 28.1 Å². The lowest BCUT2D eigenvalue weighted by Crippen LogP contribution is -2.60. The van der Waals surface area contributed by atoms with E-state index in [4.69, 9.17) is 0 Å². The minimum atomic E-state index is -1.01. The zero-order chi connectivity index (χ0) is 36.6. The topological polar surface area (TPSA) is 211 Å². The molecule has 282 valence electrons. The summed E-state index contributed by atoms with van der Waals surface area (Å²) in [6.07, 6.45) is 7.89. The molecule has 0 saturated carbocycles. The van der Waals surface area contributed by atoms with Crippen LogP contribution >= 0.6 is 0 Å². The fraction of sp³-hybridized carbons (Fsp3) is 0.824. The highest BCUT2D eigenvalue weighted by Gasteiger charge is 2.33. The van der Waals surface area contributed by atoms with E-state index in [0.29, 0.717) is 51.4 Å². The summed E-state index contributed by atoms with van der Waals surface area (Å²) in [5, 5.41) is 25.8. The van der Waals surface area contributed by atoms with Gasteiger partial charge in [0.25, 0.3) is 0 Å². The van der Waals surface area contributed by atoms with Crippen molar-refractivity contribution in [3.05, 3.63) is 0 Å². The van der Waals surface area contributed by atoms with Crippen molar-refractivity contribution in [3.8, 4) is 0 Å². The lowest BCUT2D eigenvalue weighted by atomic mass is 10.0. The molecule has 0 unspecified atom stereocenters. The Morgan fingerprint density at radius 1 is 0.408 bits per heavy atom. The minimum absolute atomic E-state index is 0.314. The third-order valence-corrected chi connectivity index (χ3v) is 8.64. The molecule has 1 aliphatic rings. The number of hydrogen-bond donors (Lipinski definition) is 9. The normalized spacial score (nSPS) is 24.9. The summed E-state index contributed by atoms with van der Waals surface area (Å²) in [7, 11) is 5.49. The third kappa shape index (κ3) is 17.8. The number of unbranched alkanes of at least 4 members (excludes halogenated alkanes) is 5. The van der Waals surface area contributed by atoms with Crippen LogP contribution in [0.4, 0.5) is 0 Å². The lowest BCUT2D eigenvalue weighted by Gasteiger charge is -2.28. The van der Waals surface area contributed by atoms with Crippen molar-refractivity contribution < 1.29 is 28.8 Å². The number of amides is 6. The molecule has 0 radical (unpaired) electrons. The average Bonchev–Trinajstić information content (AvgIpc) is 3.07. The Kier molecular flexibility index (Phi) is 22.9. The van der Waals surface area contributed by atoms with Crippen LogP contribution in [0.2, 0.25) is 0 Å². The van der Waals surface area contributed by atoms with Crippen LogP contribution in [0.3, 0.4) is 0 Å². The Labute approximate surface area is 293 Å².